The molecule has 1 atom stereocenters. The average molecular weight is 323 g/mol. The topological polar surface area (TPSA) is 94.1 Å². The summed E-state index contributed by atoms with van der Waals surface area (Å²) >= 11 is 0. The molecule has 126 valence electrons. The van der Waals surface area contributed by atoms with Crippen LogP contribution in [0.4, 0.5) is 4.79 Å². The molecule has 1 amide bonds. The smallest absolute Gasteiger partial charge is 0.407 e. The van der Waals surface area contributed by atoms with Crippen molar-refractivity contribution in [3.63, 3.8) is 0 Å². The van der Waals surface area contributed by atoms with Crippen molar-refractivity contribution in [1.82, 2.24) is 5.32 Å². The van der Waals surface area contributed by atoms with E-state index in [1.54, 1.807) is 39.0 Å². The number of ether oxygens (including phenoxy) is 3. The van der Waals surface area contributed by atoms with E-state index in [4.69, 9.17) is 14.2 Å². The highest BCUT2D eigenvalue weighted by Crippen LogP contribution is 2.33. The lowest BCUT2D eigenvalue weighted by atomic mass is 9.99. The molecule has 1 heterocycles. The molecule has 0 bridgehead atoms. The number of carboxylic acids is 1. The highest BCUT2D eigenvalue weighted by molar-refractivity contribution is 5.73. The monoisotopic (exact) mass is 323 g/mol. The van der Waals surface area contributed by atoms with Gasteiger partial charge in [0.1, 0.15) is 5.60 Å². The highest BCUT2D eigenvalue weighted by Gasteiger charge is 2.23. The van der Waals surface area contributed by atoms with E-state index in [0.29, 0.717) is 11.5 Å². The van der Waals surface area contributed by atoms with E-state index in [1.165, 1.54) is 0 Å². The lowest BCUT2D eigenvalue weighted by Crippen LogP contribution is -2.37. The molecule has 1 aromatic carbocycles. The number of aliphatic carboxylic acids is 1. The first-order valence-corrected chi connectivity index (χ1v) is 7.33. The third-order valence-electron chi connectivity index (χ3n) is 3.16. The third-order valence-corrected chi connectivity index (χ3v) is 3.16. The first-order chi connectivity index (χ1) is 10.7. The molecule has 1 aromatic rings. The summed E-state index contributed by atoms with van der Waals surface area (Å²) in [7, 11) is 0. The molecule has 7 nitrogen and oxygen atoms in total. The molecule has 2 rings (SSSR count). The maximum Gasteiger partial charge on any atom is 0.407 e. The Morgan fingerprint density at radius 1 is 1.30 bits per heavy atom. The molecule has 0 saturated heterocycles. The van der Waals surface area contributed by atoms with Gasteiger partial charge in [-0.1, -0.05) is 6.07 Å². The number of hydrogen-bond acceptors (Lipinski definition) is 5. The van der Waals surface area contributed by atoms with Gasteiger partial charge in [-0.25, -0.2) is 4.79 Å². The van der Waals surface area contributed by atoms with Crippen molar-refractivity contribution < 1.29 is 28.9 Å². The maximum absolute atomic E-state index is 11.6. The second-order valence-electron chi connectivity index (χ2n) is 6.31. The minimum Gasteiger partial charge on any atom is -0.481 e. The zero-order valence-corrected chi connectivity index (χ0v) is 13.4. The minimum absolute atomic E-state index is 0.0152. The van der Waals surface area contributed by atoms with Gasteiger partial charge in [0.2, 0.25) is 6.79 Å². The molecular formula is C16H21NO6. The molecule has 2 N–H and O–H groups in total. The minimum atomic E-state index is -0.987. The molecule has 0 aromatic heterocycles. The van der Waals surface area contributed by atoms with Crippen molar-refractivity contribution in [2.24, 2.45) is 5.92 Å². The Balaban J connectivity index is 1.94. The number of nitrogens with one attached hydrogen (secondary N) is 1. The molecule has 0 unspecified atom stereocenters. The van der Waals surface area contributed by atoms with Gasteiger partial charge in [0.25, 0.3) is 0 Å². The van der Waals surface area contributed by atoms with E-state index in [9.17, 15) is 14.7 Å². The maximum atomic E-state index is 11.6. The van der Waals surface area contributed by atoms with Gasteiger partial charge in [-0.2, -0.15) is 0 Å². The van der Waals surface area contributed by atoms with Crippen LogP contribution in [0.3, 0.4) is 0 Å². The summed E-state index contributed by atoms with van der Waals surface area (Å²) in [6, 6.07) is 5.29. The number of carboxylic acid groups (broad SMARTS) is 1. The Labute approximate surface area is 134 Å². The van der Waals surface area contributed by atoms with Crippen molar-refractivity contribution >= 4 is 12.1 Å². The zero-order valence-electron chi connectivity index (χ0n) is 13.4. The van der Waals surface area contributed by atoms with Crippen molar-refractivity contribution in [3.8, 4) is 11.5 Å². The second-order valence-corrected chi connectivity index (χ2v) is 6.31. The summed E-state index contributed by atoms with van der Waals surface area (Å²) in [5.41, 5.74) is 0.174. The van der Waals surface area contributed by atoms with E-state index in [0.717, 1.165) is 5.56 Å². The average Bonchev–Trinajstić information content (AvgIpc) is 2.88. The predicted octanol–water partition coefficient (Wildman–Crippen LogP) is 2.18. The normalized spacial score (nSPS) is 14.2. The van der Waals surface area contributed by atoms with Crippen LogP contribution in [-0.2, 0) is 16.0 Å². The summed E-state index contributed by atoms with van der Waals surface area (Å²) in [6.45, 7) is 5.38. The first kappa shape index (κ1) is 16.9. The quantitative estimate of drug-likeness (QED) is 0.862. The molecule has 23 heavy (non-hydrogen) atoms. The fourth-order valence-electron chi connectivity index (χ4n) is 2.12. The molecule has 1 aliphatic heterocycles. The Bertz CT molecular complexity index is 593. The van der Waals surface area contributed by atoms with Crippen LogP contribution < -0.4 is 14.8 Å². The molecule has 0 radical (unpaired) electrons. The lowest BCUT2D eigenvalue weighted by molar-refractivity contribution is -0.141. The molecule has 1 aliphatic rings. The first-order valence-electron chi connectivity index (χ1n) is 7.33. The molecular weight excluding hydrogens is 302 g/mol. The van der Waals surface area contributed by atoms with Crippen LogP contribution in [0.25, 0.3) is 0 Å². The number of amides is 1. The van der Waals surface area contributed by atoms with Crippen molar-refractivity contribution in [3.05, 3.63) is 23.8 Å². The summed E-state index contributed by atoms with van der Waals surface area (Å²) in [5.74, 6) is -0.499. The molecule has 0 fully saturated rings. The van der Waals surface area contributed by atoms with Crippen molar-refractivity contribution in [2.45, 2.75) is 32.8 Å². The molecule has 7 heteroatoms. The summed E-state index contributed by atoms with van der Waals surface area (Å²) in [4.78, 5) is 23.0. The van der Waals surface area contributed by atoms with Gasteiger partial charge in [-0.05, 0) is 44.9 Å². The van der Waals surface area contributed by atoms with Gasteiger partial charge in [0.15, 0.2) is 11.5 Å². The van der Waals surface area contributed by atoms with Crippen molar-refractivity contribution in [1.29, 1.82) is 0 Å². The number of carbonyl (C=O) groups excluding carboxylic acids is 1. The summed E-state index contributed by atoms with van der Waals surface area (Å²) < 4.78 is 15.6. The van der Waals surface area contributed by atoms with Crippen LogP contribution in [0.2, 0.25) is 0 Å². The van der Waals surface area contributed by atoms with Gasteiger partial charge in [0, 0.05) is 6.54 Å². The number of alkyl carbamates (subject to hydrolysis) is 1. The number of benzene rings is 1. The molecule has 0 spiro atoms. The summed E-state index contributed by atoms with van der Waals surface area (Å²) in [6.07, 6.45) is -0.365. The van der Waals surface area contributed by atoms with E-state index in [1.807, 2.05) is 0 Å². The SMILES string of the molecule is CC(C)(C)OC(=O)NC[C@H](Cc1ccc2c(c1)OCO2)C(=O)O. The fourth-order valence-corrected chi connectivity index (χ4v) is 2.12. The van der Waals surface area contributed by atoms with Crippen LogP contribution in [0.5, 0.6) is 11.5 Å². The molecule has 0 aliphatic carbocycles. The number of carbonyl (C=O) groups is 2. The lowest BCUT2D eigenvalue weighted by Gasteiger charge is -2.21. The largest absolute Gasteiger partial charge is 0.481 e. The van der Waals surface area contributed by atoms with Crippen LogP contribution >= 0.6 is 0 Å². The Morgan fingerprint density at radius 2 is 2.00 bits per heavy atom. The Kier molecular flexibility index (Phi) is 4.98. The van der Waals surface area contributed by atoms with Gasteiger partial charge >= 0.3 is 12.1 Å². The Hall–Kier alpha value is -2.44. The van der Waals surface area contributed by atoms with Crippen LogP contribution in [0.15, 0.2) is 18.2 Å². The van der Waals surface area contributed by atoms with E-state index >= 15 is 0 Å². The van der Waals surface area contributed by atoms with Crippen LogP contribution in [-0.4, -0.2) is 36.1 Å². The number of hydrogen-bond donors (Lipinski definition) is 2. The van der Waals surface area contributed by atoms with Crippen LogP contribution in [0.1, 0.15) is 26.3 Å². The Morgan fingerprint density at radius 3 is 2.65 bits per heavy atom. The molecule has 0 saturated carbocycles. The van der Waals surface area contributed by atoms with Gasteiger partial charge in [-0.15, -0.1) is 0 Å². The standard InChI is InChI=1S/C16H21NO6/c1-16(2,3)23-15(20)17-8-11(14(18)19)6-10-4-5-12-13(7-10)22-9-21-12/h4-5,7,11H,6,8-9H2,1-3H3,(H,17,20)(H,18,19)/t11-/m0/s1. The van der Waals surface area contributed by atoms with E-state index in [2.05, 4.69) is 5.32 Å². The van der Waals surface area contributed by atoms with E-state index in [-0.39, 0.29) is 19.8 Å². The second kappa shape index (κ2) is 6.76. The number of fused-ring (bicyclic) bond motifs is 1. The zero-order chi connectivity index (χ0) is 17.0. The van der Waals surface area contributed by atoms with Gasteiger partial charge in [0.05, 0.1) is 5.92 Å². The van der Waals surface area contributed by atoms with E-state index < -0.39 is 23.6 Å². The number of rotatable bonds is 5. The van der Waals surface area contributed by atoms with Crippen LogP contribution in [0, 0.1) is 5.92 Å². The highest BCUT2D eigenvalue weighted by atomic mass is 16.7. The predicted molar refractivity (Wildman–Crippen MR) is 81.6 cm³/mol. The van der Waals surface area contributed by atoms with Gasteiger partial charge < -0.3 is 24.6 Å². The summed E-state index contributed by atoms with van der Waals surface area (Å²) in [5, 5.41) is 11.8. The van der Waals surface area contributed by atoms with Crippen molar-refractivity contribution in [2.75, 3.05) is 13.3 Å². The van der Waals surface area contributed by atoms with Gasteiger partial charge in [-0.3, -0.25) is 4.79 Å². The fraction of sp³-hybridized carbons (Fsp3) is 0.500. The third kappa shape index (κ3) is 5.05.